The van der Waals surface area contributed by atoms with Crippen molar-refractivity contribution in [1.82, 2.24) is 9.97 Å². The summed E-state index contributed by atoms with van der Waals surface area (Å²) >= 11 is 23.8. The first kappa shape index (κ1) is 22.2. The molecule has 144 valence electrons. The molecule has 0 fully saturated rings. The van der Waals surface area contributed by atoms with Gasteiger partial charge in [-0.1, -0.05) is 0 Å². The summed E-state index contributed by atoms with van der Waals surface area (Å²) in [5.41, 5.74) is 3.94. The summed E-state index contributed by atoms with van der Waals surface area (Å²) in [5, 5.41) is 0. The topological polar surface area (TPSA) is 25.8 Å². The predicted octanol–water partition coefficient (Wildman–Crippen LogP) is 6.40. The van der Waals surface area contributed by atoms with Crippen LogP contribution in [0.3, 0.4) is 0 Å². The van der Waals surface area contributed by atoms with E-state index in [1.165, 1.54) is 0 Å². The van der Waals surface area contributed by atoms with E-state index < -0.39 is 0 Å². The van der Waals surface area contributed by atoms with E-state index in [9.17, 15) is 0 Å². The van der Waals surface area contributed by atoms with Crippen LogP contribution in [0.5, 0.6) is 0 Å². The van der Waals surface area contributed by atoms with Gasteiger partial charge in [0, 0.05) is 0 Å². The van der Waals surface area contributed by atoms with Crippen LogP contribution in [-0.2, 0) is 11.8 Å². The van der Waals surface area contributed by atoms with E-state index in [-0.39, 0.29) is 29.0 Å². The van der Waals surface area contributed by atoms with Crippen molar-refractivity contribution in [3.63, 3.8) is 0 Å². The van der Waals surface area contributed by atoms with Gasteiger partial charge in [0.25, 0.3) is 0 Å². The normalized spacial score (nSPS) is 10.4. The second-order valence-corrected chi connectivity index (χ2v) is 12.0. The summed E-state index contributed by atoms with van der Waals surface area (Å²) in [7, 11) is 0. The molecule has 0 aliphatic heterocycles. The Morgan fingerprint density at radius 3 is 1.25 bits per heavy atom. The van der Waals surface area contributed by atoms with Crippen LogP contribution in [0.1, 0.15) is 11.4 Å². The van der Waals surface area contributed by atoms with Gasteiger partial charge in [-0.05, 0) is 0 Å². The molecule has 8 heteroatoms. The Bertz CT molecular complexity index is 934. The summed E-state index contributed by atoms with van der Waals surface area (Å²) in [6.45, 7) is 0. The standard InChI is InChI=1S/2C10H7Cl2NSe/c2*11-6-8-9(12)14-10(13-8)7-4-2-1-3-5-7/h2*1-5H,6H2. The molecule has 2 aromatic carbocycles. The second kappa shape index (κ2) is 11.0. The molecule has 2 aromatic heterocycles. The molecule has 0 unspecified atom stereocenters. The molecule has 2 nitrogen and oxygen atoms in total. The van der Waals surface area contributed by atoms with Crippen LogP contribution in [0.2, 0.25) is 7.79 Å². The van der Waals surface area contributed by atoms with Crippen molar-refractivity contribution in [3.8, 4) is 20.3 Å². The Hall–Kier alpha value is -0.541. The maximum atomic E-state index is 6.03. The Kier molecular flexibility index (Phi) is 8.71. The minimum atomic E-state index is 0.132. The number of hydrogen-bond donors (Lipinski definition) is 0. The van der Waals surface area contributed by atoms with Crippen LogP contribution in [0, 0.1) is 0 Å². The Labute approximate surface area is 196 Å². The quantitative estimate of drug-likeness (QED) is 0.206. The molecule has 28 heavy (non-hydrogen) atoms. The average molecular weight is 582 g/mol. The SMILES string of the molecule is ClCc1nc(-c2ccccc2)[se]c1Cl.ClCc1nc(-c2ccccc2)[se]c1Cl. The van der Waals surface area contributed by atoms with Gasteiger partial charge in [0.1, 0.15) is 0 Å². The van der Waals surface area contributed by atoms with E-state index in [2.05, 4.69) is 9.97 Å². The zero-order valence-corrected chi connectivity index (χ0v) is 20.9. The zero-order valence-electron chi connectivity index (χ0n) is 14.4. The summed E-state index contributed by atoms with van der Waals surface area (Å²) < 4.78 is 3.79. The fraction of sp³-hybridized carbons (Fsp3) is 0.100. The van der Waals surface area contributed by atoms with Crippen molar-refractivity contribution in [2.75, 3.05) is 0 Å². The van der Waals surface area contributed by atoms with Crippen LogP contribution in [-0.4, -0.2) is 39.0 Å². The van der Waals surface area contributed by atoms with Gasteiger partial charge in [-0.3, -0.25) is 0 Å². The van der Waals surface area contributed by atoms with E-state index in [0.29, 0.717) is 11.8 Å². The number of nitrogens with zero attached hydrogens (tertiary/aromatic N) is 2. The zero-order chi connectivity index (χ0) is 19.9. The van der Waals surface area contributed by atoms with E-state index in [4.69, 9.17) is 46.4 Å². The van der Waals surface area contributed by atoms with Gasteiger partial charge in [-0.15, -0.1) is 0 Å². The Morgan fingerprint density at radius 1 is 0.607 bits per heavy atom. The van der Waals surface area contributed by atoms with Gasteiger partial charge >= 0.3 is 197 Å². The summed E-state index contributed by atoms with van der Waals surface area (Å²) in [5.74, 6) is 0.799. The van der Waals surface area contributed by atoms with Crippen molar-refractivity contribution in [1.29, 1.82) is 0 Å². The third-order valence-electron chi connectivity index (χ3n) is 3.59. The number of halogens is 4. The number of aromatic nitrogens is 2. The molecule has 4 aromatic rings. The molecule has 0 aliphatic carbocycles. The monoisotopic (exact) mass is 582 g/mol. The molecule has 0 bridgehead atoms. The molecule has 0 saturated carbocycles. The first-order valence-corrected chi connectivity index (χ1v) is 13.4. The summed E-state index contributed by atoms with van der Waals surface area (Å²) in [6.07, 6.45) is 0. The third kappa shape index (κ3) is 5.75. The summed E-state index contributed by atoms with van der Waals surface area (Å²) in [6, 6.07) is 20.2. The van der Waals surface area contributed by atoms with E-state index in [1.54, 1.807) is 0 Å². The van der Waals surface area contributed by atoms with Crippen LogP contribution < -0.4 is 0 Å². The Morgan fingerprint density at radius 2 is 0.964 bits per heavy atom. The molecule has 0 saturated heterocycles. The fourth-order valence-corrected chi connectivity index (χ4v) is 7.52. The van der Waals surface area contributed by atoms with Crippen molar-refractivity contribution in [2.24, 2.45) is 0 Å². The third-order valence-corrected chi connectivity index (χ3v) is 9.26. The first-order valence-electron chi connectivity index (χ1n) is 8.15. The van der Waals surface area contributed by atoms with Crippen LogP contribution in [0.4, 0.5) is 0 Å². The van der Waals surface area contributed by atoms with Gasteiger partial charge in [0.05, 0.1) is 0 Å². The molecule has 0 amide bonds. The predicted molar refractivity (Wildman–Crippen MR) is 122 cm³/mol. The minimum absolute atomic E-state index is 0.132. The molecule has 0 N–H and O–H groups in total. The number of hydrogen-bond acceptors (Lipinski definition) is 2. The molecule has 0 spiro atoms. The van der Waals surface area contributed by atoms with Gasteiger partial charge < -0.3 is 0 Å². The van der Waals surface area contributed by atoms with Gasteiger partial charge in [0.2, 0.25) is 0 Å². The van der Waals surface area contributed by atoms with Gasteiger partial charge in [-0.25, -0.2) is 0 Å². The number of alkyl halides is 2. The average Bonchev–Trinajstić information content (AvgIpc) is 3.32. The maximum absolute atomic E-state index is 6.03. The van der Waals surface area contributed by atoms with Crippen molar-refractivity contribution in [2.45, 2.75) is 11.8 Å². The molecule has 2 heterocycles. The second-order valence-electron chi connectivity index (χ2n) is 5.48. The van der Waals surface area contributed by atoms with Crippen LogP contribution >= 0.6 is 46.4 Å². The number of rotatable bonds is 4. The molecule has 0 radical (unpaired) electrons. The number of benzene rings is 2. The molecule has 0 atom stereocenters. The van der Waals surface area contributed by atoms with Crippen LogP contribution in [0.25, 0.3) is 20.3 Å². The van der Waals surface area contributed by atoms with Crippen molar-refractivity contribution >= 4 is 75.4 Å². The van der Waals surface area contributed by atoms with Crippen molar-refractivity contribution < 1.29 is 0 Å². The van der Waals surface area contributed by atoms with E-state index >= 15 is 0 Å². The van der Waals surface area contributed by atoms with Crippen molar-refractivity contribution in [3.05, 3.63) is 79.8 Å². The molecular weight excluding hydrogens is 568 g/mol. The first-order chi connectivity index (χ1) is 13.6. The summed E-state index contributed by atoms with van der Waals surface area (Å²) in [4.78, 5) is 8.84. The molecular formula is C20H14Cl4N2Se2. The molecule has 0 aliphatic rings. The van der Waals surface area contributed by atoms with E-state index in [0.717, 1.165) is 39.4 Å². The van der Waals surface area contributed by atoms with Gasteiger partial charge in [0.15, 0.2) is 0 Å². The fourth-order valence-electron chi connectivity index (χ4n) is 2.24. The van der Waals surface area contributed by atoms with Gasteiger partial charge in [-0.2, -0.15) is 0 Å². The van der Waals surface area contributed by atoms with Crippen LogP contribution in [0.15, 0.2) is 60.7 Å². The van der Waals surface area contributed by atoms with E-state index in [1.807, 2.05) is 60.7 Å². The Balaban J connectivity index is 0.000000161. The molecule has 4 rings (SSSR count).